The van der Waals surface area contributed by atoms with E-state index in [1.165, 1.54) is 49.1 Å². The number of nitrogens with one attached hydrogen (secondary N) is 1. The van der Waals surface area contributed by atoms with Gasteiger partial charge < -0.3 is 19.3 Å². The number of sulfonamides is 1. The zero-order valence-corrected chi connectivity index (χ0v) is 25.3. The Morgan fingerprint density at radius 3 is 2.44 bits per heavy atom. The van der Waals surface area contributed by atoms with E-state index in [0.717, 1.165) is 12.1 Å². The molecule has 2 heterocycles. The number of aryl methyl sites for hydroxylation is 2. The van der Waals surface area contributed by atoms with E-state index in [4.69, 9.17) is 9.26 Å². The van der Waals surface area contributed by atoms with Crippen molar-refractivity contribution in [2.75, 3.05) is 31.5 Å². The van der Waals surface area contributed by atoms with Gasteiger partial charge in [-0.3, -0.25) is 14.4 Å². The molecule has 2 aromatic carbocycles. The number of nitrogens with zero attached hydrogens (tertiary/aromatic N) is 3. The molecule has 3 atom stereocenters. The van der Waals surface area contributed by atoms with E-state index in [9.17, 15) is 31.5 Å². The molecule has 0 radical (unpaired) electrons. The number of aliphatic hydroxyl groups is 1. The molecule has 0 fully saturated rings. The standard InChI is InChI=1S/C29H35F3N4O6S/c1-17-13-36(18(2)16-37)28(38)24-12-23(34-43(39,40)27-19(3)33-42-20(27)4)10-11-25(24)41-26(17)15-35(5)14-21-6-8-22(9-7-21)29(30,31)32/h6-12,17-18,26,34,37H,13-16H2,1-5H3/t17-,18+,26-/m0/s1. The molecular formula is C29H35F3N4O6S. The van der Waals surface area contributed by atoms with Crippen molar-refractivity contribution in [3.05, 3.63) is 70.6 Å². The zero-order chi connectivity index (χ0) is 31.7. The summed E-state index contributed by atoms with van der Waals surface area (Å²) in [4.78, 5) is 17.0. The molecule has 10 nitrogen and oxygen atoms in total. The second-order valence-electron chi connectivity index (χ2n) is 11.0. The summed E-state index contributed by atoms with van der Waals surface area (Å²) in [6.45, 7) is 7.30. The number of anilines is 1. The number of rotatable bonds is 9. The Kier molecular flexibility index (Phi) is 9.42. The van der Waals surface area contributed by atoms with Gasteiger partial charge in [-0.2, -0.15) is 13.2 Å². The van der Waals surface area contributed by atoms with E-state index < -0.39 is 39.8 Å². The normalized spacial score (nSPS) is 18.6. The average Bonchev–Trinajstić information content (AvgIpc) is 3.28. The van der Waals surface area contributed by atoms with E-state index in [1.54, 1.807) is 6.92 Å². The van der Waals surface area contributed by atoms with Gasteiger partial charge in [0, 0.05) is 31.2 Å². The molecule has 0 saturated carbocycles. The Balaban J connectivity index is 1.61. The van der Waals surface area contributed by atoms with Crippen LogP contribution in [0.25, 0.3) is 0 Å². The summed E-state index contributed by atoms with van der Waals surface area (Å²) >= 11 is 0. The van der Waals surface area contributed by atoms with Crippen LogP contribution in [0.3, 0.4) is 0 Å². The second-order valence-corrected chi connectivity index (χ2v) is 12.6. The third-order valence-corrected chi connectivity index (χ3v) is 9.00. The van der Waals surface area contributed by atoms with Gasteiger partial charge in [0.05, 0.1) is 23.8 Å². The lowest BCUT2D eigenvalue weighted by atomic mass is 9.99. The molecule has 4 rings (SSSR count). The fourth-order valence-electron chi connectivity index (χ4n) is 5.05. The summed E-state index contributed by atoms with van der Waals surface area (Å²) in [5.74, 6) is -0.270. The van der Waals surface area contributed by atoms with Crippen molar-refractivity contribution in [2.45, 2.75) is 57.5 Å². The van der Waals surface area contributed by atoms with Crippen LogP contribution in [0.5, 0.6) is 5.75 Å². The molecule has 1 aromatic heterocycles. The van der Waals surface area contributed by atoms with Crippen LogP contribution >= 0.6 is 0 Å². The highest BCUT2D eigenvalue weighted by atomic mass is 32.2. The molecule has 0 unspecified atom stereocenters. The molecule has 0 saturated heterocycles. The maximum absolute atomic E-state index is 13.7. The molecular weight excluding hydrogens is 589 g/mol. The van der Waals surface area contributed by atoms with Crippen LogP contribution in [0.1, 0.15) is 46.8 Å². The quantitative estimate of drug-likeness (QED) is 0.358. The van der Waals surface area contributed by atoms with Crippen LogP contribution in [0.2, 0.25) is 0 Å². The fourth-order valence-corrected chi connectivity index (χ4v) is 6.43. The largest absolute Gasteiger partial charge is 0.488 e. The number of carbonyl (C=O) groups is 1. The smallest absolute Gasteiger partial charge is 0.416 e. The summed E-state index contributed by atoms with van der Waals surface area (Å²) in [7, 11) is -2.26. The maximum Gasteiger partial charge on any atom is 0.416 e. The molecule has 0 bridgehead atoms. The van der Waals surface area contributed by atoms with Gasteiger partial charge in [0.1, 0.15) is 17.5 Å². The van der Waals surface area contributed by atoms with Crippen LogP contribution in [0, 0.1) is 19.8 Å². The molecule has 1 aliphatic rings. The van der Waals surface area contributed by atoms with Crippen molar-refractivity contribution in [2.24, 2.45) is 5.92 Å². The number of alkyl halides is 3. The minimum atomic E-state index is -4.41. The number of hydrogen-bond acceptors (Lipinski definition) is 8. The van der Waals surface area contributed by atoms with Gasteiger partial charge in [-0.15, -0.1) is 0 Å². The van der Waals surface area contributed by atoms with Crippen molar-refractivity contribution in [1.82, 2.24) is 15.0 Å². The number of aromatic nitrogens is 1. The fraction of sp³-hybridized carbons (Fsp3) is 0.448. The van der Waals surface area contributed by atoms with Gasteiger partial charge in [0.25, 0.3) is 15.9 Å². The van der Waals surface area contributed by atoms with Gasteiger partial charge in [-0.05, 0) is 63.7 Å². The van der Waals surface area contributed by atoms with Crippen LogP contribution in [-0.2, 0) is 22.7 Å². The monoisotopic (exact) mass is 624 g/mol. The maximum atomic E-state index is 13.7. The number of fused-ring (bicyclic) bond motifs is 1. The Bertz CT molecular complexity index is 1540. The Hall–Kier alpha value is -3.62. The van der Waals surface area contributed by atoms with Crippen LogP contribution in [0.4, 0.5) is 18.9 Å². The molecule has 14 heteroatoms. The van der Waals surface area contributed by atoms with Gasteiger partial charge in [0.2, 0.25) is 0 Å². The third-order valence-electron chi connectivity index (χ3n) is 7.38. The lowest BCUT2D eigenvalue weighted by Crippen LogP contribution is -2.49. The number of aliphatic hydroxyl groups excluding tert-OH is 1. The number of halogens is 3. The summed E-state index contributed by atoms with van der Waals surface area (Å²) in [6, 6.07) is 8.82. The Labute approximate surface area is 248 Å². The summed E-state index contributed by atoms with van der Waals surface area (Å²) < 4.78 is 78.9. The SMILES string of the molecule is Cc1noc(C)c1S(=O)(=O)Nc1ccc2c(c1)C(=O)N([C@H](C)CO)C[C@H](C)[C@H](CN(C)Cc1ccc(C(F)(F)F)cc1)O2. The molecule has 3 aromatic rings. The molecule has 0 aliphatic carbocycles. The van der Waals surface area contributed by atoms with Gasteiger partial charge in [-0.1, -0.05) is 24.2 Å². The first-order valence-corrected chi connectivity index (χ1v) is 15.1. The van der Waals surface area contributed by atoms with Crippen LogP contribution in [-0.4, -0.2) is 73.3 Å². The highest BCUT2D eigenvalue weighted by molar-refractivity contribution is 7.92. The number of hydrogen-bond donors (Lipinski definition) is 2. The highest BCUT2D eigenvalue weighted by Gasteiger charge is 2.34. The van der Waals surface area contributed by atoms with Crippen molar-refractivity contribution in [1.29, 1.82) is 0 Å². The van der Waals surface area contributed by atoms with Gasteiger partial charge in [-0.25, -0.2) is 8.42 Å². The Morgan fingerprint density at radius 1 is 1.19 bits per heavy atom. The van der Waals surface area contributed by atoms with Gasteiger partial charge >= 0.3 is 6.18 Å². The van der Waals surface area contributed by atoms with Crippen LogP contribution in [0.15, 0.2) is 51.9 Å². The zero-order valence-electron chi connectivity index (χ0n) is 24.5. The van der Waals surface area contributed by atoms with Crippen molar-refractivity contribution in [3.8, 4) is 5.75 Å². The number of ether oxygens (including phenoxy) is 1. The first kappa shape index (κ1) is 32.3. The molecule has 2 N–H and O–H groups in total. The first-order chi connectivity index (χ1) is 20.1. The lowest BCUT2D eigenvalue weighted by molar-refractivity contribution is -0.137. The second kappa shape index (κ2) is 12.5. The molecule has 0 spiro atoms. The third kappa shape index (κ3) is 7.31. The molecule has 43 heavy (non-hydrogen) atoms. The van der Waals surface area contributed by atoms with Gasteiger partial charge in [0.15, 0.2) is 10.7 Å². The minimum absolute atomic E-state index is 0.0951. The first-order valence-electron chi connectivity index (χ1n) is 13.6. The predicted molar refractivity (Wildman–Crippen MR) is 152 cm³/mol. The van der Waals surface area contributed by atoms with E-state index in [1.807, 2.05) is 18.9 Å². The minimum Gasteiger partial charge on any atom is -0.488 e. The topological polar surface area (TPSA) is 125 Å². The average molecular weight is 625 g/mol. The van der Waals surface area contributed by atoms with E-state index >= 15 is 0 Å². The number of amides is 1. The van der Waals surface area contributed by atoms with E-state index in [0.29, 0.717) is 18.7 Å². The van der Waals surface area contributed by atoms with Crippen molar-refractivity contribution < 1.29 is 40.8 Å². The predicted octanol–water partition coefficient (Wildman–Crippen LogP) is 4.46. The lowest BCUT2D eigenvalue weighted by Gasteiger charge is -2.38. The summed E-state index contributed by atoms with van der Waals surface area (Å²) in [5, 5.41) is 13.6. The number of carbonyl (C=O) groups excluding carboxylic acids is 1. The molecule has 1 aliphatic heterocycles. The highest BCUT2D eigenvalue weighted by Crippen LogP contribution is 2.33. The van der Waals surface area contributed by atoms with E-state index in [-0.39, 0.29) is 52.4 Å². The van der Waals surface area contributed by atoms with Crippen LogP contribution < -0.4 is 9.46 Å². The van der Waals surface area contributed by atoms with Crippen molar-refractivity contribution >= 4 is 21.6 Å². The number of likely N-dealkylation sites (N-methyl/N-ethyl adjacent to an activating group) is 1. The molecule has 234 valence electrons. The van der Waals surface area contributed by atoms with Crippen molar-refractivity contribution in [3.63, 3.8) is 0 Å². The van der Waals surface area contributed by atoms with E-state index in [2.05, 4.69) is 9.88 Å². The number of benzene rings is 2. The Morgan fingerprint density at radius 2 is 1.86 bits per heavy atom. The summed E-state index contributed by atoms with van der Waals surface area (Å²) in [6.07, 6.45) is -4.87. The summed E-state index contributed by atoms with van der Waals surface area (Å²) in [5.41, 5.74) is 0.397. The molecule has 1 amide bonds.